The molecular formula is C46H36N12O24S7. The molecule has 0 heterocycles. The first kappa shape index (κ1) is 66.1. The summed E-state index contributed by atoms with van der Waals surface area (Å²) in [7, 11) is -23.8. The van der Waals surface area contributed by atoms with E-state index in [2.05, 4.69) is 68.6 Å². The smallest absolute Gasteiger partial charge is 0.397 e. The van der Waals surface area contributed by atoms with Crippen molar-refractivity contribution in [2.24, 2.45) is 40.9 Å². The number of sulfone groups is 1. The van der Waals surface area contributed by atoms with Gasteiger partial charge in [0.25, 0.3) is 35.9 Å². The van der Waals surface area contributed by atoms with Gasteiger partial charge >= 0.3 is 10.4 Å². The van der Waals surface area contributed by atoms with Crippen molar-refractivity contribution in [3.05, 3.63) is 131 Å². The summed E-state index contributed by atoms with van der Waals surface area (Å²) in [5, 5.41) is 89.5. The molecule has 0 radical (unpaired) electrons. The summed E-state index contributed by atoms with van der Waals surface area (Å²) < 4.78 is 169. The fraction of sp³-hybridized carbons (Fsp3) is 0.0435. The van der Waals surface area contributed by atoms with E-state index in [1.807, 2.05) is 0 Å². The second kappa shape index (κ2) is 26.8. The lowest BCUT2D eigenvalue weighted by molar-refractivity contribution is -0.432. The lowest BCUT2D eigenvalue weighted by Gasteiger charge is -2.14. The summed E-state index contributed by atoms with van der Waals surface area (Å²) in [6.45, 7) is -0.899. The molecule has 8 rings (SSSR count). The van der Waals surface area contributed by atoms with E-state index in [4.69, 9.17) is 26.5 Å². The summed E-state index contributed by atoms with van der Waals surface area (Å²) in [6, 6.07) is 22.4. The van der Waals surface area contributed by atoms with Crippen LogP contribution in [0.2, 0.25) is 0 Å². The molecule has 0 aromatic heterocycles. The van der Waals surface area contributed by atoms with Crippen LogP contribution in [0.1, 0.15) is 0 Å². The second-order valence-corrected chi connectivity index (χ2v) is 26.4. The highest BCUT2D eigenvalue weighted by molar-refractivity contribution is 7.95. The van der Waals surface area contributed by atoms with E-state index in [0.29, 0.717) is 0 Å². The van der Waals surface area contributed by atoms with E-state index < -0.39 is 134 Å². The monoisotopic (exact) mass is 1360 g/mol. The number of nitrogen functional groups attached to an aromatic ring is 2. The van der Waals surface area contributed by atoms with E-state index in [1.54, 1.807) is 0 Å². The molecule has 0 unspecified atom stereocenters. The van der Waals surface area contributed by atoms with Gasteiger partial charge in [0.1, 0.15) is 32.5 Å². The van der Waals surface area contributed by atoms with Crippen molar-refractivity contribution in [2.75, 3.05) is 28.5 Å². The van der Waals surface area contributed by atoms with Gasteiger partial charge in [0.2, 0.25) is 0 Å². The van der Waals surface area contributed by atoms with Crippen molar-refractivity contribution in [3.63, 3.8) is 0 Å². The summed E-state index contributed by atoms with van der Waals surface area (Å²) in [5.74, 6) is -2.52. The largest absolute Gasteiger partial charge is 0.505 e. The van der Waals surface area contributed by atoms with Crippen LogP contribution in [-0.2, 0) is 73.4 Å². The van der Waals surface area contributed by atoms with Crippen LogP contribution in [0.3, 0.4) is 0 Å². The van der Waals surface area contributed by atoms with Crippen LogP contribution < -0.4 is 16.2 Å². The average Bonchev–Trinajstić information content (AvgIpc) is 0.798. The molecule has 466 valence electrons. The minimum atomic E-state index is -5.19. The Hall–Kier alpha value is -8.87. The number of nitro groups is 1. The Balaban J connectivity index is 1.03. The molecule has 0 amide bonds. The van der Waals surface area contributed by atoms with E-state index >= 15 is 0 Å². The molecule has 0 atom stereocenters. The van der Waals surface area contributed by atoms with Gasteiger partial charge in [-0.1, -0.05) is 10.1 Å². The molecule has 12 N–H and O–H groups in total. The number of hydrogen-bond donors (Lipinski definition) is 10. The maximum atomic E-state index is 13.5. The fourth-order valence-corrected chi connectivity index (χ4v) is 12.6. The van der Waals surface area contributed by atoms with Crippen LogP contribution in [0.25, 0.3) is 21.5 Å². The number of nitrogens with one attached hydrogen (secondary N) is 1. The van der Waals surface area contributed by atoms with Crippen molar-refractivity contribution < 1.29 is 104 Å². The number of azo groups is 4. The highest BCUT2D eigenvalue weighted by Gasteiger charge is 2.28. The Kier molecular flexibility index (Phi) is 19.9. The van der Waals surface area contributed by atoms with Gasteiger partial charge in [0, 0.05) is 23.2 Å². The predicted molar refractivity (Wildman–Crippen MR) is 310 cm³/mol. The standard InChI is InChI=1S/C46H36N12O24S7/c47-40-33(53-49-26-7-13-30(14-8-26)85(65,66)18-17-78-89(75,76)77)22-36(87(69,70)71)32-21-35(84-82-80-64)43(46(60)39(32)40)55-50-24-1-3-28(4-2-24)57-86(67,68)31-15-9-27(10-16-31)52-56-44-37(88(72,73)74)20-23-19-34(83-81-79-63)42(45(59)38(23)41(44)48)54-51-25-5-11-29(12-6-25)58(61)62/h1-16,19-22,57,59-60,63-64H,17-18,47-48H2,(H,69,70,71)(H,72,73,74)(H,75,76,77). The number of phenolic OH excluding ortho intramolecular Hbond substituents is 2. The lowest BCUT2D eigenvalue weighted by Crippen LogP contribution is -2.15. The number of rotatable bonds is 25. The third-order valence-electron chi connectivity index (χ3n) is 11.7. The maximum absolute atomic E-state index is 13.5. The zero-order valence-electron chi connectivity index (χ0n) is 43.6. The summed E-state index contributed by atoms with van der Waals surface area (Å²) in [6.07, 6.45) is 0. The van der Waals surface area contributed by atoms with Gasteiger partial charge < -0.3 is 21.7 Å². The molecule has 0 fully saturated rings. The first-order valence-corrected chi connectivity index (χ1v) is 32.3. The fourth-order valence-electron chi connectivity index (χ4n) is 7.71. The molecule has 0 bridgehead atoms. The third-order valence-corrected chi connectivity index (χ3v) is 18.2. The average molecular weight is 1370 g/mol. The number of hydrogen-bond acceptors (Lipinski definition) is 33. The number of phenols is 2. The molecular weight excluding hydrogens is 1330 g/mol. The molecule has 8 aromatic rings. The van der Waals surface area contributed by atoms with Gasteiger partial charge in [-0.25, -0.2) is 31.5 Å². The third kappa shape index (κ3) is 15.9. The summed E-state index contributed by atoms with van der Waals surface area (Å²) in [5.41, 5.74) is 9.24. The van der Waals surface area contributed by atoms with Crippen LogP contribution >= 0.6 is 24.1 Å². The van der Waals surface area contributed by atoms with Crippen LogP contribution in [0.5, 0.6) is 11.5 Å². The number of nitrogens with zero attached hydrogens (tertiary/aromatic N) is 9. The van der Waals surface area contributed by atoms with Crippen molar-refractivity contribution in [1.29, 1.82) is 0 Å². The van der Waals surface area contributed by atoms with Gasteiger partial charge in [0.05, 0.1) is 106 Å². The minimum Gasteiger partial charge on any atom is -0.505 e. The highest BCUT2D eigenvalue weighted by Crippen LogP contribution is 2.52. The van der Waals surface area contributed by atoms with Crippen LogP contribution in [0.4, 0.5) is 68.2 Å². The first-order chi connectivity index (χ1) is 41.9. The number of anilines is 3. The predicted octanol–water partition coefficient (Wildman–Crippen LogP) is 10.9. The first-order valence-electron chi connectivity index (χ1n) is 23.5. The Bertz CT molecular complexity index is 4820. The number of aromatic hydroxyl groups is 2. The Morgan fingerprint density at radius 2 is 1.00 bits per heavy atom. The molecule has 0 spiro atoms. The number of benzene rings is 8. The van der Waals surface area contributed by atoms with Crippen molar-refractivity contribution in [1.82, 2.24) is 0 Å². The molecule has 0 aliphatic rings. The van der Waals surface area contributed by atoms with Crippen LogP contribution in [0.15, 0.2) is 192 Å². The number of sulfonamides is 1. The molecule has 8 aromatic carbocycles. The summed E-state index contributed by atoms with van der Waals surface area (Å²) >= 11 is 0.448. The zero-order valence-corrected chi connectivity index (χ0v) is 49.3. The van der Waals surface area contributed by atoms with Crippen molar-refractivity contribution >= 4 is 164 Å². The van der Waals surface area contributed by atoms with Gasteiger partial charge in [-0.05, 0) is 115 Å². The highest BCUT2D eigenvalue weighted by atomic mass is 32.3. The molecule has 0 aliphatic carbocycles. The molecule has 0 saturated heterocycles. The number of nitro benzene ring substituents is 1. The molecule has 0 saturated carbocycles. The van der Waals surface area contributed by atoms with E-state index in [9.17, 15) is 71.5 Å². The van der Waals surface area contributed by atoms with Gasteiger partial charge in [-0.15, -0.1) is 29.1 Å². The molecule has 43 heteroatoms. The van der Waals surface area contributed by atoms with Crippen molar-refractivity contribution in [3.8, 4) is 11.5 Å². The molecule has 36 nitrogen and oxygen atoms in total. The quantitative estimate of drug-likeness (QED) is 0.00483. The molecule has 89 heavy (non-hydrogen) atoms. The Labute approximate surface area is 507 Å². The Morgan fingerprint density at radius 1 is 0.539 bits per heavy atom. The van der Waals surface area contributed by atoms with E-state index in [1.165, 1.54) is 36.4 Å². The zero-order chi connectivity index (χ0) is 64.8. The Morgan fingerprint density at radius 3 is 1.49 bits per heavy atom. The second-order valence-electron chi connectivity index (χ2n) is 17.3. The lowest BCUT2D eigenvalue weighted by atomic mass is 10.0. The topological polar surface area (TPSA) is 565 Å². The minimum absolute atomic E-state index is 0.00611. The van der Waals surface area contributed by atoms with Gasteiger partial charge in [-0.2, -0.15) is 45.7 Å². The van der Waals surface area contributed by atoms with Crippen molar-refractivity contribution in [2.45, 2.75) is 29.4 Å². The maximum Gasteiger partial charge on any atom is 0.397 e. The number of nitrogens with two attached hydrogens (primary N) is 2. The molecule has 0 aliphatic heterocycles. The van der Waals surface area contributed by atoms with Crippen LogP contribution in [0, 0.1) is 10.1 Å². The van der Waals surface area contributed by atoms with Gasteiger partial charge in [-0.3, -0.25) is 28.5 Å². The normalized spacial score (nSPS) is 12.8. The van der Waals surface area contributed by atoms with Crippen LogP contribution in [-0.4, -0.2) is 93.8 Å². The van der Waals surface area contributed by atoms with E-state index in [-0.39, 0.29) is 88.6 Å². The SMILES string of the molecule is Nc1c(N=Nc2ccc(S(=O)(=O)Nc3ccc(N=Nc4c(SOOO)cc5c(S(=O)(=O)O)cc(N=Nc6ccc(S(=O)(=O)CCOS(=O)(=O)O)cc6)c(N)c5c4O)cc3)cc2)c(S(=O)(=O)O)cc2cc(SOOO)c(N=Nc3ccc([N+](=O)[O-])cc3)c(O)c12. The van der Waals surface area contributed by atoms with Gasteiger partial charge in [0.15, 0.2) is 21.3 Å². The summed E-state index contributed by atoms with van der Waals surface area (Å²) in [4.78, 5) is 7.51. The van der Waals surface area contributed by atoms with E-state index in [0.717, 1.165) is 84.9 Å². The number of fused-ring (bicyclic) bond motifs is 2. The number of non-ortho nitro benzene ring substituents is 1.